The van der Waals surface area contributed by atoms with Crippen LogP contribution in [0.25, 0.3) is 0 Å². The van der Waals surface area contributed by atoms with Gasteiger partial charge < -0.3 is 15.2 Å². The predicted molar refractivity (Wildman–Crippen MR) is 49.9 cm³/mol. The van der Waals surface area contributed by atoms with Gasteiger partial charge in [0.05, 0.1) is 0 Å². The quantitative estimate of drug-likeness (QED) is 0.701. The van der Waals surface area contributed by atoms with Gasteiger partial charge in [0.25, 0.3) is 5.91 Å². The number of hydrogen-bond acceptors (Lipinski definition) is 4. The van der Waals surface area contributed by atoms with Crippen molar-refractivity contribution in [1.29, 1.82) is 0 Å². The van der Waals surface area contributed by atoms with E-state index in [0.29, 0.717) is 5.75 Å². The molecular formula is C9H8N2O4. The Labute approximate surface area is 84.9 Å². The molecule has 1 amide bonds. The van der Waals surface area contributed by atoms with Crippen LogP contribution in [0.5, 0.6) is 5.75 Å². The average molecular weight is 208 g/mol. The summed E-state index contributed by atoms with van der Waals surface area (Å²) in [5.74, 6) is -0.951. The number of carbonyl (C=O) groups excluding carboxylic acids is 1. The number of anilines is 1. The van der Waals surface area contributed by atoms with Crippen molar-refractivity contribution >= 4 is 17.7 Å². The minimum Gasteiger partial charge on any atom is -0.477 e. The van der Waals surface area contributed by atoms with E-state index in [-0.39, 0.29) is 17.4 Å². The highest BCUT2D eigenvalue weighted by Gasteiger charge is 2.25. The lowest BCUT2D eigenvalue weighted by molar-refractivity contribution is -0.122. The molecule has 78 valence electrons. The van der Waals surface area contributed by atoms with E-state index in [9.17, 15) is 9.59 Å². The number of carboxylic acids is 1. The van der Waals surface area contributed by atoms with E-state index in [0.717, 1.165) is 0 Å². The first-order chi connectivity index (χ1) is 7.08. The van der Waals surface area contributed by atoms with Gasteiger partial charge in [0.1, 0.15) is 0 Å². The lowest BCUT2D eigenvalue weighted by Gasteiger charge is -2.22. The second-order valence-corrected chi connectivity index (χ2v) is 3.10. The summed E-state index contributed by atoms with van der Waals surface area (Å²) >= 11 is 0. The van der Waals surface area contributed by atoms with Gasteiger partial charge in [-0.25, -0.2) is 9.78 Å². The van der Waals surface area contributed by atoms with Crippen LogP contribution in [0.15, 0.2) is 12.1 Å². The third-order valence-electron chi connectivity index (χ3n) is 1.99. The van der Waals surface area contributed by atoms with Gasteiger partial charge in [-0.1, -0.05) is 0 Å². The molecule has 2 heterocycles. The summed E-state index contributed by atoms with van der Waals surface area (Å²) in [6.45, 7) is 1.60. The van der Waals surface area contributed by atoms with Gasteiger partial charge in [0, 0.05) is 0 Å². The summed E-state index contributed by atoms with van der Waals surface area (Å²) in [5, 5.41) is 11.2. The molecule has 2 rings (SSSR count). The number of carboxylic acid groups (broad SMARTS) is 1. The van der Waals surface area contributed by atoms with Gasteiger partial charge in [-0.2, -0.15) is 0 Å². The maximum atomic E-state index is 11.2. The number of hydrogen-bond donors (Lipinski definition) is 2. The molecule has 1 aromatic rings. The van der Waals surface area contributed by atoms with Crippen LogP contribution >= 0.6 is 0 Å². The highest BCUT2D eigenvalue weighted by Crippen LogP contribution is 2.27. The Kier molecular flexibility index (Phi) is 2.03. The maximum absolute atomic E-state index is 11.2. The Morgan fingerprint density at radius 1 is 1.60 bits per heavy atom. The molecule has 1 unspecified atom stereocenters. The fourth-order valence-electron chi connectivity index (χ4n) is 1.21. The summed E-state index contributed by atoms with van der Waals surface area (Å²) < 4.78 is 5.21. The molecular weight excluding hydrogens is 200 g/mol. The molecule has 2 N–H and O–H groups in total. The van der Waals surface area contributed by atoms with E-state index in [1.54, 1.807) is 6.92 Å². The molecule has 6 nitrogen and oxygen atoms in total. The molecule has 0 saturated carbocycles. The standard InChI is InChI=1S/C9H8N2O4/c1-4-8(12)11-7-6(15-4)3-2-5(10-7)9(13)14/h2-4H,1H3,(H,13,14)(H,10,11,12). The predicted octanol–water partition coefficient (Wildman–Crippen LogP) is 0.499. The Balaban J connectivity index is 2.41. The zero-order valence-electron chi connectivity index (χ0n) is 7.85. The minimum atomic E-state index is -1.15. The number of pyridine rings is 1. The monoisotopic (exact) mass is 208 g/mol. The normalized spacial score (nSPS) is 18.7. The SMILES string of the molecule is CC1Oc2ccc(C(=O)O)nc2NC1=O. The largest absolute Gasteiger partial charge is 0.477 e. The maximum Gasteiger partial charge on any atom is 0.354 e. The van der Waals surface area contributed by atoms with Crippen molar-refractivity contribution in [2.45, 2.75) is 13.0 Å². The molecule has 0 aromatic carbocycles. The smallest absolute Gasteiger partial charge is 0.354 e. The lowest BCUT2D eigenvalue weighted by atomic mass is 10.2. The first-order valence-corrected chi connectivity index (χ1v) is 4.30. The van der Waals surface area contributed by atoms with Crippen LogP contribution in [-0.4, -0.2) is 28.1 Å². The average Bonchev–Trinajstić information content (AvgIpc) is 2.19. The summed E-state index contributed by atoms with van der Waals surface area (Å²) in [7, 11) is 0. The minimum absolute atomic E-state index is 0.132. The zero-order chi connectivity index (χ0) is 11.0. The van der Waals surface area contributed by atoms with Crippen molar-refractivity contribution in [1.82, 2.24) is 4.98 Å². The summed E-state index contributed by atoms with van der Waals surface area (Å²) in [4.78, 5) is 25.6. The van der Waals surface area contributed by atoms with E-state index in [1.165, 1.54) is 12.1 Å². The molecule has 0 fully saturated rings. The number of amides is 1. The van der Waals surface area contributed by atoms with Crippen LogP contribution in [-0.2, 0) is 4.79 Å². The lowest BCUT2D eigenvalue weighted by Crippen LogP contribution is -2.35. The van der Waals surface area contributed by atoms with E-state index < -0.39 is 12.1 Å². The Bertz CT molecular complexity index is 444. The molecule has 1 aromatic heterocycles. The topological polar surface area (TPSA) is 88.5 Å². The van der Waals surface area contributed by atoms with E-state index >= 15 is 0 Å². The Morgan fingerprint density at radius 2 is 2.33 bits per heavy atom. The van der Waals surface area contributed by atoms with E-state index in [4.69, 9.17) is 9.84 Å². The van der Waals surface area contributed by atoms with Crippen molar-refractivity contribution in [2.24, 2.45) is 0 Å². The summed E-state index contributed by atoms with van der Waals surface area (Å²) in [6, 6.07) is 2.80. The number of carbonyl (C=O) groups is 2. The van der Waals surface area contributed by atoms with Crippen LogP contribution in [0.4, 0.5) is 5.82 Å². The number of nitrogens with zero attached hydrogens (tertiary/aromatic N) is 1. The first-order valence-electron chi connectivity index (χ1n) is 4.30. The van der Waals surface area contributed by atoms with Gasteiger partial charge in [0.2, 0.25) is 0 Å². The van der Waals surface area contributed by atoms with Crippen molar-refractivity contribution in [3.05, 3.63) is 17.8 Å². The molecule has 1 atom stereocenters. The van der Waals surface area contributed by atoms with Crippen LogP contribution in [0, 0.1) is 0 Å². The van der Waals surface area contributed by atoms with Gasteiger partial charge in [-0.3, -0.25) is 4.79 Å². The molecule has 0 spiro atoms. The van der Waals surface area contributed by atoms with E-state index in [1.807, 2.05) is 0 Å². The van der Waals surface area contributed by atoms with Crippen LogP contribution in [0.3, 0.4) is 0 Å². The van der Waals surface area contributed by atoms with Crippen molar-refractivity contribution in [3.8, 4) is 5.75 Å². The van der Waals surface area contributed by atoms with Gasteiger partial charge in [0.15, 0.2) is 23.4 Å². The third kappa shape index (κ3) is 1.61. The Morgan fingerprint density at radius 3 is 3.00 bits per heavy atom. The number of nitrogens with one attached hydrogen (secondary N) is 1. The fourth-order valence-corrected chi connectivity index (χ4v) is 1.21. The number of rotatable bonds is 1. The number of aromatic carboxylic acids is 1. The first kappa shape index (κ1) is 9.45. The summed E-state index contributed by atoms with van der Waals surface area (Å²) in [5.41, 5.74) is -0.132. The fraction of sp³-hybridized carbons (Fsp3) is 0.222. The van der Waals surface area contributed by atoms with Crippen molar-refractivity contribution < 1.29 is 19.4 Å². The molecule has 15 heavy (non-hydrogen) atoms. The highest BCUT2D eigenvalue weighted by molar-refractivity contribution is 5.97. The van der Waals surface area contributed by atoms with Gasteiger partial charge in [-0.15, -0.1) is 0 Å². The van der Waals surface area contributed by atoms with Crippen LogP contribution in [0.1, 0.15) is 17.4 Å². The molecule has 1 aliphatic rings. The molecule has 0 saturated heterocycles. The number of fused-ring (bicyclic) bond motifs is 1. The molecule has 0 radical (unpaired) electrons. The van der Waals surface area contributed by atoms with Crippen molar-refractivity contribution in [3.63, 3.8) is 0 Å². The summed E-state index contributed by atoms with van der Waals surface area (Å²) in [6.07, 6.45) is -0.588. The van der Waals surface area contributed by atoms with Gasteiger partial charge >= 0.3 is 5.97 Å². The van der Waals surface area contributed by atoms with Crippen molar-refractivity contribution in [2.75, 3.05) is 5.32 Å². The highest BCUT2D eigenvalue weighted by atomic mass is 16.5. The molecule has 0 bridgehead atoms. The van der Waals surface area contributed by atoms with Crippen LogP contribution < -0.4 is 10.1 Å². The van der Waals surface area contributed by atoms with E-state index in [2.05, 4.69) is 10.3 Å². The molecule has 0 aliphatic carbocycles. The number of aromatic nitrogens is 1. The van der Waals surface area contributed by atoms with Crippen LogP contribution in [0.2, 0.25) is 0 Å². The second kappa shape index (κ2) is 3.23. The zero-order valence-corrected chi connectivity index (χ0v) is 7.85. The second-order valence-electron chi connectivity index (χ2n) is 3.10. The Hall–Kier alpha value is -2.11. The third-order valence-corrected chi connectivity index (χ3v) is 1.99. The molecule has 6 heteroatoms. The van der Waals surface area contributed by atoms with Gasteiger partial charge in [-0.05, 0) is 19.1 Å². The molecule has 1 aliphatic heterocycles. The number of ether oxygens (including phenoxy) is 1.